The van der Waals surface area contributed by atoms with E-state index in [0.717, 1.165) is 16.5 Å². The quantitative estimate of drug-likeness (QED) is 0.673. The van der Waals surface area contributed by atoms with Crippen molar-refractivity contribution in [3.8, 4) is 11.1 Å². The summed E-state index contributed by atoms with van der Waals surface area (Å²) in [6, 6.07) is 9.30. The molecule has 2 aromatic carbocycles. The predicted molar refractivity (Wildman–Crippen MR) is 85.8 cm³/mol. The molecule has 0 bridgehead atoms. The van der Waals surface area contributed by atoms with Crippen molar-refractivity contribution in [1.29, 1.82) is 0 Å². The van der Waals surface area contributed by atoms with E-state index >= 15 is 0 Å². The van der Waals surface area contributed by atoms with Crippen molar-refractivity contribution >= 4 is 20.9 Å². The number of halogens is 1. The zero-order valence-corrected chi connectivity index (χ0v) is 12.8. The molecule has 1 aliphatic heterocycles. The highest BCUT2D eigenvalue weighted by atomic mass is 32.2. The first kappa shape index (κ1) is 14.4. The summed E-state index contributed by atoms with van der Waals surface area (Å²) in [6.07, 6.45) is 1.79. The van der Waals surface area contributed by atoms with Crippen LogP contribution in [0.5, 0.6) is 0 Å². The lowest BCUT2D eigenvalue weighted by atomic mass is 9.99. The molecule has 1 unspecified atom stereocenters. The minimum Gasteiger partial charge on any atom is -0.360 e. The van der Waals surface area contributed by atoms with Crippen molar-refractivity contribution in [2.45, 2.75) is 10.9 Å². The molecule has 23 heavy (non-hydrogen) atoms. The maximum Gasteiger partial charge on any atom is 0.241 e. The molecule has 0 amide bonds. The van der Waals surface area contributed by atoms with E-state index in [1.807, 2.05) is 6.07 Å². The lowest BCUT2D eigenvalue weighted by molar-refractivity contribution is 0.577. The Kier molecular flexibility index (Phi) is 3.06. The molecule has 5 nitrogen and oxygen atoms in total. The Hall–Kier alpha value is -2.22. The molecule has 0 aliphatic carbocycles. The number of aromatic amines is 1. The number of nitrogens with one attached hydrogen (secondary N) is 2. The standard InChI is InChI=1S/C16H14FN3O2S/c17-10-2-3-11-13(8-19-14(11)6-10)9-1-4-16-12(5-9)15(7-18)20-23(16,21)22/h1-6,8,15,19-20H,7,18H2. The van der Waals surface area contributed by atoms with Crippen LogP contribution >= 0.6 is 0 Å². The maximum absolute atomic E-state index is 13.3. The van der Waals surface area contributed by atoms with Crippen LogP contribution in [0, 0.1) is 5.82 Å². The number of benzene rings is 2. The van der Waals surface area contributed by atoms with Crippen molar-refractivity contribution < 1.29 is 12.8 Å². The highest BCUT2D eigenvalue weighted by Crippen LogP contribution is 2.36. The van der Waals surface area contributed by atoms with E-state index in [4.69, 9.17) is 5.73 Å². The largest absolute Gasteiger partial charge is 0.360 e. The number of fused-ring (bicyclic) bond motifs is 2. The summed E-state index contributed by atoms with van der Waals surface area (Å²) < 4.78 is 40.0. The Morgan fingerprint density at radius 1 is 1.17 bits per heavy atom. The molecule has 2 heterocycles. The molecule has 0 saturated carbocycles. The van der Waals surface area contributed by atoms with Gasteiger partial charge in [0.15, 0.2) is 0 Å². The van der Waals surface area contributed by atoms with Crippen LogP contribution in [0.15, 0.2) is 47.5 Å². The smallest absolute Gasteiger partial charge is 0.241 e. The van der Waals surface area contributed by atoms with Crippen LogP contribution in [0.1, 0.15) is 11.6 Å². The van der Waals surface area contributed by atoms with Gasteiger partial charge < -0.3 is 10.7 Å². The molecule has 0 saturated heterocycles. The Morgan fingerprint density at radius 2 is 2.00 bits per heavy atom. The summed E-state index contributed by atoms with van der Waals surface area (Å²) in [5, 5.41) is 0.879. The normalized spacial score (nSPS) is 19.1. The minimum atomic E-state index is -3.49. The topological polar surface area (TPSA) is 88.0 Å². The third kappa shape index (κ3) is 2.16. The summed E-state index contributed by atoms with van der Waals surface area (Å²) in [7, 11) is -3.49. The van der Waals surface area contributed by atoms with Gasteiger partial charge in [-0.1, -0.05) is 6.07 Å². The van der Waals surface area contributed by atoms with Crippen molar-refractivity contribution in [1.82, 2.24) is 9.71 Å². The minimum absolute atomic E-state index is 0.189. The van der Waals surface area contributed by atoms with Gasteiger partial charge in [0.1, 0.15) is 5.82 Å². The molecular formula is C16H14FN3O2S. The predicted octanol–water partition coefficient (Wildman–Crippen LogP) is 2.27. The molecule has 1 aliphatic rings. The van der Waals surface area contributed by atoms with Gasteiger partial charge in [-0.15, -0.1) is 0 Å². The number of sulfonamides is 1. The third-order valence-electron chi connectivity index (χ3n) is 4.16. The molecule has 7 heteroatoms. The number of nitrogens with two attached hydrogens (primary N) is 1. The van der Waals surface area contributed by atoms with Gasteiger partial charge >= 0.3 is 0 Å². The lowest BCUT2D eigenvalue weighted by Crippen LogP contribution is -2.25. The summed E-state index contributed by atoms with van der Waals surface area (Å²) in [5.74, 6) is -0.307. The summed E-state index contributed by atoms with van der Waals surface area (Å²) >= 11 is 0. The van der Waals surface area contributed by atoms with E-state index in [9.17, 15) is 12.8 Å². The zero-order chi connectivity index (χ0) is 16.2. The first-order chi connectivity index (χ1) is 11.0. The van der Waals surface area contributed by atoms with Gasteiger partial charge in [0.2, 0.25) is 10.0 Å². The lowest BCUT2D eigenvalue weighted by Gasteiger charge is -2.08. The molecule has 4 N–H and O–H groups in total. The number of hydrogen-bond donors (Lipinski definition) is 3. The summed E-state index contributed by atoms with van der Waals surface area (Å²) in [4.78, 5) is 3.30. The molecule has 1 aromatic heterocycles. The Balaban J connectivity index is 1.91. The number of rotatable bonds is 2. The average molecular weight is 331 g/mol. The van der Waals surface area contributed by atoms with E-state index in [1.165, 1.54) is 12.1 Å². The second kappa shape index (κ2) is 4.89. The van der Waals surface area contributed by atoms with E-state index in [0.29, 0.717) is 11.1 Å². The molecule has 3 aromatic rings. The van der Waals surface area contributed by atoms with Gasteiger partial charge in [-0.2, -0.15) is 0 Å². The Morgan fingerprint density at radius 3 is 2.78 bits per heavy atom. The van der Waals surface area contributed by atoms with Crippen LogP contribution in [-0.4, -0.2) is 19.9 Å². The van der Waals surface area contributed by atoms with Crippen molar-refractivity contribution in [3.05, 3.63) is 54.0 Å². The SMILES string of the molecule is NCC1NS(=O)(=O)c2ccc(-c3c[nH]c4cc(F)ccc34)cc21. The fraction of sp³-hybridized carbons (Fsp3) is 0.125. The maximum atomic E-state index is 13.3. The van der Waals surface area contributed by atoms with Gasteiger partial charge in [-0.05, 0) is 41.5 Å². The van der Waals surface area contributed by atoms with Crippen LogP contribution in [0.2, 0.25) is 0 Å². The fourth-order valence-corrected chi connectivity index (χ4v) is 4.54. The molecule has 0 fully saturated rings. The number of H-pyrrole nitrogens is 1. The Bertz CT molecular complexity index is 1030. The fourth-order valence-electron chi connectivity index (χ4n) is 3.06. The zero-order valence-electron chi connectivity index (χ0n) is 12.0. The van der Waals surface area contributed by atoms with Gasteiger partial charge in [0, 0.05) is 29.2 Å². The van der Waals surface area contributed by atoms with Gasteiger partial charge in [0.25, 0.3) is 0 Å². The Labute approximate surface area is 132 Å². The molecule has 118 valence electrons. The second-order valence-corrected chi connectivity index (χ2v) is 7.24. The molecule has 1 atom stereocenters. The third-order valence-corrected chi connectivity index (χ3v) is 5.71. The van der Waals surface area contributed by atoms with Crippen LogP contribution in [-0.2, 0) is 10.0 Å². The molecule has 0 spiro atoms. The summed E-state index contributed by atoms with van der Waals surface area (Å²) in [5.41, 5.74) is 8.79. The molecule has 4 rings (SSSR count). The van der Waals surface area contributed by atoms with Crippen LogP contribution < -0.4 is 10.5 Å². The van der Waals surface area contributed by atoms with E-state index in [2.05, 4.69) is 9.71 Å². The molecular weight excluding hydrogens is 317 g/mol. The average Bonchev–Trinajstić information content (AvgIpc) is 3.05. The van der Waals surface area contributed by atoms with Gasteiger partial charge in [-0.3, -0.25) is 0 Å². The van der Waals surface area contributed by atoms with Crippen LogP contribution in [0.3, 0.4) is 0 Å². The van der Waals surface area contributed by atoms with Gasteiger partial charge in [-0.25, -0.2) is 17.5 Å². The highest BCUT2D eigenvalue weighted by Gasteiger charge is 2.33. The first-order valence-electron chi connectivity index (χ1n) is 7.13. The monoisotopic (exact) mass is 331 g/mol. The van der Waals surface area contributed by atoms with Crippen molar-refractivity contribution in [3.63, 3.8) is 0 Å². The van der Waals surface area contributed by atoms with Crippen molar-refractivity contribution in [2.75, 3.05) is 6.54 Å². The summed E-state index contributed by atoms with van der Waals surface area (Å²) in [6.45, 7) is 0.189. The number of aromatic nitrogens is 1. The van der Waals surface area contributed by atoms with Gasteiger partial charge in [0.05, 0.1) is 10.9 Å². The van der Waals surface area contributed by atoms with E-state index in [1.54, 1.807) is 24.4 Å². The number of hydrogen-bond acceptors (Lipinski definition) is 3. The van der Waals surface area contributed by atoms with E-state index in [-0.39, 0.29) is 17.3 Å². The first-order valence-corrected chi connectivity index (χ1v) is 8.61. The van der Waals surface area contributed by atoms with Crippen molar-refractivity contribution in [2.24, 2.45) is 5.73 Å². The second-order valence-electron chi connectivity index (χ2n) is 5.55. The van der Waals surface area contributed by atoms with Crippen LogP contribution in [0.4, 0.5) is 4.39 Å². The van der Waals surface area contributed by atoms with E-state index < -0.39 is 16.1 Å². The highest BCUT2D eigenvalue weighted by molar-refractivity contribution is 7.89. The van der Waals surface area contributed by atoms with Crippen LogP contribution in [0.25, 0.3) is 22.0 Å². The molecule has 0 radical (unpaired) electrons.